The topological polar surface area (TPSA) is 3.24 Å². The Morgan fingerprint density at radius 3 is 2.13 bits per heavy atom. The van der Waals surface area contributed by atoms with E-state index in [4.69, 9.17) is 0 Å². The molecule has 1 unspecified atom stereocenters. The van der Waals surface area contributed by atoms with Crippen LogP contribution in [0.5, 0.6) is 0 Å². The Kier molecular flexibility index (Phi) is 2.54. The van der Waals surface area contributed by atoms with Crippen LogP contribution in [0.2, 0.25) is 0 Å². The molecule has 0 radical (unpaired) electrons. The molecule has 0 fully saturated rings. The van der Waals surface area contributed by atoms with Crippen molar-refractivity contribution < 1.29 is 0 Å². The molecule has 1 heterocycles. The van der Waals surface area contributed by atoms with Gasteiger partial charge in [-0.3, -0.25) is 0 Å². The molecule has 1 aliphatic rings. The van der Waals surface area contributed by atoms with Gasteiger partial charge in [0.2, 0.25) is 0 Å². The van der Waals surface area contributed by atoms with Crippen LogP contribution < -0.4 is 4.90 Å². The van der Waals surface area contributed by atoms with Crippen molar-refractivity contribution in [2.75, 3.05) is 11.9 Å². The van der Waals surface area contributed by atoms with Crippen molar-refractivity contribution in [3.05, 3.63) is 90.0 Å². The zero-order chi connectivity index (χ0) is 15.4. The summed E-state index contributed by atoms with van der Waals surface area (Å²) in [6.07, 6.45) is 0. The number of hydrogen-bond donors (Lipinski definition) is 0. The Labute approximate surface area is 135 Å². The van der Waals surface area contributed by atoms with Gasteiger partial charge in [0.1, 0.15) is 0 Å². The van der Waals surface area contributed by atoms with Crippen LogP contribution >= 0.6 is 0 Å². The molecular weight excluding hydrogens is 278 g/mol. The van der Waals surface area contributed by atoms with Crippen molar-refractivity contribution in [3.63, 3.8) is 0 Å². The molecule has 1 heteroatoms. The van der Waals surface area contributed by atoms with Crippen LogP contribution in [0.25, 0.3) is 21.5 Å². The van der Waals surface area contributed by atoms with Crippen molar-refractivity contribution in [3.8, 4) is 0 Å². The van der Waals surface area contributed by atoms with Gasteiger partial charge >= 0.3 is 0 Å². The van der Waals surface area contributed by atoms with Crippen molar-refractivity contribution in [2.45, 2.75) is 6.04 Å². The van der Waals surface area contributed by atoms with E-state index in [9.17, 15) is 0 Å². The minimum absolute atomic E-state index is 0.264. The average Bonchev–Trinajstić information content (AvgIpc) is 2.61. The van der Waals surface area contributed by atoms with Gasteiger partial charge in [-0.15, -0.1) is 0 Å². The lowest BCUT2D eigenvalue weighted by molar-refractivity contribution is 0.787. The van der Waals surface area contributed by atoms with Gasteiger partial charge in [0.15, 0.2) is 0 Å². The summed E-state index contributed by atoms with van der Waals surface area (Å²) in [5.74, 6) is 0. The van der Waals surface area contributed by atoms with E-state index in [0.29, 0.717) is 0 Å². The van der Waals surface area contributed by atoms with E-state index in [2.05, 4.69) is 90.8 Å². The molecule has 4 aromatic rings. The van der Waals surface area contributed by atoms with E-state index in [1.807, 2.05) is 0 Å². The average molecular weight is 295 g/mol. The van der Waals surface area contributed by atoms with E-state index in [1.54, 1.807) is 0 Å². The molecule has 0 aromatic heterocycles. The third kappa shape index (κ3) is 1.68. The maximum absolute atomic E-state index is 2.42. The molecule has 23 heavy (non-hydrogen) atoms. The van der Waals surface area contributed by atoms with Gasteiger partial charge in [0, 0.05) is 18.1 Å². The van der Waals surface area contributed by atoms with Crippen molar-refractivity contribution in [1.29, 1.82) is 0 Å². The largest absolute Gasteiger partial charge is 0.363 e. The van der Waals surface area contributed by atoms with Gasteiger partial charge in [-0.05, 0) is 33.4 Å². The molecule has 1 nitrogen and oxygen atoms in total. The molecule has 0 bridgehead atoms. The summed E-state index contributed by atoms with van der Waals surface area (Å²) in [5.41, 5.74) is 4.06. The molecular formula is C22H17N. The molecule has 4 aromatic carbocycles. The second-order valence-electron chi connectivity index (χ2n) is 6.31. The fraction of sp³-hybridized carbons (Fsp3) is 0.0909. The van der Waals surface area contributed by atoms with Crippen LogP contribution in [0.1, 0.15) is 17.2 Å². The van der Waals surface area contributed by atoms with E-state index < -0.39 is 0 Å². The Hall–Kier alpha value is -2.80. The van der Waals surface area contributed by atoms with Gasteiger partial charge in [-0.1, -0.05) is 72.8 Å². The SMILES string of the molecule is CN1c2cccc3ccc4cccc(c4c23)C1c1ccccc1. The first-order chi connectivity index (χ1) is 11.3. The Morgan fingerprint density at radius 1 is 0.652 bits per heavy atom. The highest BCUT2D eigenvalue weighted by atomic mass is 15.1. The van der Waals surface area contributed by atoms with Gasteiger partial charge in [0.25, 0.3) is 0 Å². The third-order valence-electron chi connectivity index (χ3n) is 5.07. The van der Waals surface area contributed by atoms with Crippen LogP contribution in [0.15, 0.2) is 78.9 Å². The molecule has 0 aliphatic carbocycles. The highest BCUT2D eigenvalue weighted by molar-refractivity contribution is 6.16. The molecule has 1 atom stereocenters. The maximum Gasteiger partial charge on any atom is 0.0799 e. The summed E-state index contributed by atoms with van der Waals surface area (Å²) in [6.45, 7) is 0. The first-order valence-electron chi connectivity index (χ1n) is 8.07. The van der Waals surface area contributed by atoms with Crippen molar-refractivity contribution in [1.82, 2.24) is 0 Å². The van der Waals surface area contributed by atoms with Gasteiger partial charge in [-0.25, -0.2) is 0 Å². The first-order valence-corrected chi connectivity index (χ1v) is 8.07. The van der Waals surface area contributed by atoms with Crippen molar-refractivity contribution in [2.24, 2.45) is 0 Å². The Bertz CT molecular complexity index is 1030. The zero-order valence-electron chi connectivity index (χ0n) is 13.0. The smallest absolute Gasteiger partial charge is 0.0799 e. The summed E-state index contributed by atoms with van der Waals surface area (Å²) in [6, 6.07) is 28.9. The minimum atomic E-state index is 0.264. The monoisotopic (exact) mass is 295 g/mol. The van der Waals surface area contributed by atoms with Gasteiger partial charge in [0.05, 0.1) is 6.04 Å². The van der Waals surface area contributed by atoms with Crippen molar-refractivity contribution >= 4 is 27.2 Å². The molecule has 0 saturated carbocycles. The standard InChI is InChI=1S/C22H17N/c1-23-19-12-6-10-16-14-13-15-9-5-11-18(20(15)21(16)19)22(23)17-7-3-2-4-8-17/h2-14,22H,1H3. The molecule has 110 valence electrons. The zero-order valence-corrected chi connectivity index (χ0v) is 13.0. The molecule has 5 rings (SSSR count). The summed E-state index contributed by atoms with van der Waals surface area (Å²) in [4.78, 5) is 2.42. The van der Waals surface area contributed by atoms with Crippen LogP contribution in [0, 0.1) is 0 Å². The van der Waals surface area contributed by atoms with Crippen LogP contribution in [-0.2, 0) is 0 Å². The number of benzene rings is 4. The fourth-order valence-electron chi connectivity index (χ4n) is 4.07. The van der Waals surface area contributed by atoms with Crippen LogP contribution in [0.3, 0.4) is 0 Å². The lowest BCUT2D eigenvalue weighted by Gasteiger charge is -2.36. The van der Waals surface area contributed by atoms with E-state index >= 15 is 0 Å². The number of rotatable bonds is 1. The highest BCUT2D eigenvalue weighted by Gasteiger charge is 2.28. The summed E-state index contributed by atoms with van der Waals surface area (Å²) >= 11 is 0. The second kappa shape index (κ2) is 4.60. The summed E-state index contributed by atoms with van der Waals surface area (Å²) in [7, 11) is 2.21. The van der Waals surface area contributed by atoms with Crippen LogP contribution in [-0.4, -0.2) is 7.05 Å². The normalized spacial score (nSPS) is 16.4. The van der Waals surface area contributed by atoms with E-state index in [1.165, 1.54) is 38.4 Å². The molecule has 0 saturated heterocycles. The van der Waals surface area contributed by atoms with E-state index in [0.717, 1.165) is 0 Å². The third-order valence-corrected chi connectivity index (χ3v) is 5.07. The molecule has 1 aliphatic heterocycles. The maximum atomic E-state index is 2.42. The molecule has 0 spiro atoms. The summed E-state index contributed by atoms with van der Waals surface area (Å²) in [5, 5.41) is 5.44. The lowest BCUT2D eigenvalue weighted by Crippen LogP contribution is -2.28. The second-order valence-corrected chi connectivity index (χ2v) is 6.31. The summed E-state index contributed by atoms with van der Waals surface area (Å²) < 4.78 is 0. The Balaban J connectivity index is 1.96. The number of nitrogens with zero attached hydrogens (tertiary/aromatic N) is 1. The minimum Gasteiger partial charge on any atom is -0.363 e. The quantitative estimate of drug-likeness (QED) is 0.417. The fourth-order valence-corrected chi connectivity index (χ4v) is 4.07. The number of hydrogen-bond acceptors (Lipinski definition) is 1. The van der Waals surface area contributed by atoms with E-state index in [-0.39, 0.29) is 6.04 Å². The predicted molar refractivity (Wildman–Crippen MR) is 98.1 cm³/mol. The lowest BCUT2D eigenvalue weighted by atomic mass is 9.86. The number of anilines is 1. The highest BCUT2D eigenvalue weighted by Crippen LogP contribution is 2.46. The predicted octanol–water partition coefficient (Wildman–Crippen LogP) is 5.53. The first kappa shape index (κ1) is 12.7. The molecule has 0 N–H and O–H groups in total. The Morgan fingerprint density at radius 2 is 1.35 bits per heavy atom. The van der Waals surface area contributed by atoms with Gasteiger partial charge in [-0.2, -0.15) is 0 Å². The molecule has 0 amide bonds. The van der Waals surface area contributed by atoms with Crippen LogP contribution in [0.4, 0.5) is 5.69 Å². The van der Waals surface area contributed by atoms with Gasteiger partial charge < -0.3 is 4.90 Å².